The zero-order chi connectivity index (χ0) is 18.7. The summed E-state index contributed by atoms with van der Waals surface area (Å²) in [4.78, 5) is 4.40. The number of hydrogen-bond acceptors (Lipinski definition) is 2. The third-order valence-corrected chi connectivity index (χ3v) is 5.33. The zero-order valence-electron chi connectivity index (χ0n) is 15.2. The van der Waals surface area contributed by atoms with Gasteiger partial charge in [-0.15, -0.1) is 0 Å². The van der Waals surface area contributed by atoms with Crippen LogP contribution in [-0.2, 0) is 17.8 Å². The average Bonchev–Trinajstić information content (AvgIpc) is 3.08. The largest absolute Gasteiger partial charge is 0.419 e. The van der Waals surface area contributed by atoms with Crippen LogP contribution < -0.4 is 10.9 Å². The molecular formula is C20H21BCl2N2O. The molecular weight excluding hydrogens is 366 g/mol. The van der Waals surface area contributed by atoms with Gasteiger partial charge in [0.15, 0.2) is 0 Å². The van der Waals surface area contributed by atoms with Crippen molar-refractivity contribution < 1.29 is 4.65 Å². The average molecular weight is 387 g/mol. The molecule has 0 aliphatic carbocycles. The highest BCUT2D eigenvalue weighted by Crippen LogP contribution is 2.15. The molecule has 6 heteroatoms. The van der Waals surface area contributed by atoms with Crippen molar-refractivity contribution in [2.75, 3.05) is 0 Å². The molecule has 0 radical (unpaired) electrons. The van der Waals surface area contributed by atoms with Crippen molar-refractivity contribution in [2.24, 2.45) is 0 Å². The summed E-state index contributed by atoms with van der Waals surface area (Å²) in [5.74, 6) is 0.897. The number of aromatic nitrogens is 2. The van der Waals surface area contributed by atoms with Gasteiger partial charge in [0.1, 0.15) is 5.82 Å². The normalized spacial score (nSPS) is 11.0. The van der Waals surface area contributed by atoms with E-state index in [-0.39, 0.29) is 6.92 Å². The molecule has 0 atom stereocenters. The van der Waals surface area contributed by atoms with E-state index in [2.05, 4.69) is 16.5 Å². The number of rotatable bonds is 6. The number of hydrogen-bond donors (Lipinski definition) is 0. The fourth-order valence-corrected chi connectivity index (χ4v) is 3.23. The standard InChI is InChI=1S/C20H21BCl2N2O/c1-4-25-10-9-24-20(25)13-26-21(16-7-5-14(2)18(22)11-16)17-8-6-15(3)19(23)12-17/h5-12H,4,13H2,1-3H3. The first kappa shape index (κ1) is 19.0. The van der Waals surface area contributed by atoms with Gasteiger partial charge in [0.25, 0.3) is 0 Å². The molecule has 0 saturated heterocycles. The SMILES string of the molecule is CCn1ccnc1COB(c1ccc(C)c(Cl)c1)c1ccc(C)c(Cl)c1. The lowest BCUT2D eigenvalue weighted by molar-refractivity contribution is 0.303. The molecule has 0 aliphatic rings. The van der Waals surface area contributed by atoms with Crippen LogP contribution in [0.15, 0.2) is 48.8 Å². The minimum atomic E-state index is -0.270. The van der Waals surface area contributed by atoms with Gasteiger partial charge in [-0.1, -0.05) is 47.5 Å². The van der Waals surface area contributed by atoms with Crippen LogP contribution in [0, 0.1) is 13.8 Å². The number of halogens is 2. The lowest BCUT2D eigenvalue weighted by Gasteiger charge is -2.17. The van der Waals surface area contributed by atoms with Gasteiger partial charge < -0.3 is 9.22 Å². The quantitative estimate of drug-likeness (QED) is 0.595. The smallest absolute Gasteiger partial charge is 0.362 e. The van der Waals surface area contributed by atoms with Crippen LogP contribution in [0.1, 0.15) is 23.9 Å². The molecule has 134 valence electrons. The second kappa shape index (κ2) is 8.30. The lowest BCUT2D eigenvalue weighted by atomic mass is 9.55. The van der Waals surface area contributed by atoms with Gasteiger partial charge in [0, 0.05) is 29.0 Å². The van der Waals surface area contributed by atoms with Crippen LogP contribution in [0.25, 0.3) is 0 Å². The van der Waals surface area contributed by atoms with Crippen LogP contribution in [-0.4, -0.2) is 16.5 Å². The molecule has 3 nitrogen and oxygen atoms in total. The molecule has 0 fully saturated rings. The summed E-state index contributed by atoms with van der Waals surface area (Å²) in [5, 5.41) is 1.45. The zero-order valence-corrected chi connectivity index (χ0v) is 16.7. The van der Waals surface area contributed by atoms with Gasteiger partial charge in [-0.25, -0.2) is 4.98 Å². The van der Waals surface area contributed by atoms with Crippen LogP contribution in [0.3, 0.4) is 0 Å². The first-order valence-electron chi connectivity index (χ1n) is 8.63. The summed E-state index contributed by atoms with van der Waals surface area (Å²) in [6, 6.07) is 12.0. The van der Waals surface area contributed by atoms with Crippen LogP contribution in [0.4, 0.5) is 0 Å². The Labute approximate surface area is 165 Å². The summed E-state index contributed by atoms with van der Waals surface area (Å²) in [5.41, 5.74) is 4.07. The van der Waals surface area contributed by atoms with E-state index in [9.17, 15) is 0 Å². The third kappa shape index (κ3) is 4.14. The van der Waals surface area contributed by atoms with Crippen LogP contribution in [0.2, 0.25) is 10.0 Å². The van der Waals surface area contributed by atoms with Gasteiger partial charge >= 0.3 is 6.92 Å². The Bertz CT molecular complexity index is 859. The second-order valence-corrected chi connectivity index (χ2v) is 7.15. The highest BCUT2D eigenvalue weighted by molar-refractivity contribution is 6.80. The Morgan fingerprint density at radius 1 is 1.00 bits per heavy atom. The van der Waals surface area contributed by atoms with Crippen LogP contribution in [0.5, 0.6) is 0 Å². The van der Waals surface area contributed by atoms with Crippen molar-refractivity contribution >= 4 is 41.0 Å². The van der Waals surface area contributed by atoms with Gasteiger partial charge in [-0.3, -0.25) is 0 Å². The predicted molar refractivity (Wildman–Crippen MR) is 110 cm³/mol. The molecule has 0 N–H and O–H groups in total. The number of nitrogens with zero attached hydrogens (tertiary/aromatic N) is 2. The fourth-order valence-electron chi connectivity index (χ4n) is 2.86. The predicted octanol–water partition coefficient (Wildman–Crippen LogP) is 4.15. The van der Waals surface area contributed by atoms with Gasteiger partial charge in [-0.2, -0.15) is 0 Å². The van der Waals surface area contributed by atoms with Crippen molar-refractivity contribution in [1.29, 1.82) is 0 Å². The molecule has 1 aromatic heterocycles. The third-order valence-electron chi connectivity index (χ3n) is 4.52. The van der Waals surface area contributed by atoms with E-state index in [0.29, 0.717) is 6.61 Å². The Morgan fingerprint density at radius 2 is 1.58 bits per heavy atom. The highest BCUT2D eigenvalue weighted by Gasteiger charge is 2.23. The Kier molecular flexibility index (Phi) is 6.07. The summed E-state index contributed by atoms with van der Waals surface area (Å²) < 4.78 is 8.36. The second-order valence-electron chi connectivity index (χ2n) is 6.34. The maximum Gasteiger partial charge on any atom is 0.362 e. The molecule has 3 rings (SSSR count). The molecule has 26 heavy (non-hydrogen) atoms. The van der Waals surface area contributed by atoms with E-state index < -0.39 is 0 Å². The van der Waals surface area contributed by atoms with E-state index in [4.69, 9.17) is 27.9 Å². The van der Waals surface area contributed by atoms with E-state index in [0.717, 1.165) is 44.5 Å². The minimum Gasteiger partial charge on any atom is -0.419 e. The molecule has 0 aliphatic heterocycles. The minimum absolute atomic E-state index is 0.270. The van der Waals surface area contributed by atoms with E-state index in [1.807, 2.05) is 56.4 Å². The number of benzene rings is 2. The molecule has 0 saturated carbocycles. The van der Waals surface area contributed by atoms with Crippen molar-refractivity contribution in [3.05, 3.63) is 75.8 Å². The molecule has 2 aromatic carbocycles. The topological polar surface area (TPSA) is 27.1 Å². The molecule has 0 amide bonds. The van der Waals surface area contributed by atoms with Gasteiger partial charge in [0.05, 0.1) is 6.61 Å². The van der Waals surface area contributed by atoms with Crippen molar-refractivity contribution in [3.63, 3.8) is 0 Å². The maximum absolute atomic E-state index is 6.35. The van der Waals surface area contributed by atoms with Gasteiger partial charge in [0.2, 0.25) is 0 Å². The summed E-state index contributed by atoms with van der Waals surface area (Å²) in [6.45, 7) is 7.06. The summed E-state index contributed by atoms with van der Waals surface area (Å²) in [7, 11) is 0. The van der Waals surface area contributed by atoms with Crippen molar-refractivity contribution in [3.8, 4) is 0 Å². The van der Waals surface area contributed by atoms with E-state index in [1.165, 1.54) is 0 Å². The Hall–Kier alpha value is -1.75. The Balaban J connectivity index is 1.95. The molecule has 1 heterocycles. The monoisotopic (exact) mass is 386 g/mol. The Morgan fingerprint density at radius 3 is 2.08 bits per heavy atom. The lowest BCUT2D eigenvalue weighted by Crippen LogP contribution is -2.45. The first-order valence-corrected chi connectivity index (χ1v) is 9.39. The van der Waals surface area contributed by atoms with Crippen molar-refractivity contribution in [2.45, 2.75) is 33.9 Å². The summed E-state index contributed by atoms with van der Waals surface area (Å²) in [6.07, 6.45) is 3.75. The highest BCUT2D eigenvalue weighted by atomic mass is 35.5. The summed E-state index contributed by atoms with van der Waals surface area (Å²) >= 11 is 12.7. The van der Waals surface area contributed by atoms with Crippen LogP contribution >= 0.6 is 23.2 Å². The number of imidazole rings is 1. The number of aryl methyl sites for hydroxylation is 3. The first-order chi connectivity index (χ1) is 12.5. The molecule has 3 aromatic rings. The van der Waals surface area contributed by atoms with Gasteiger partial charge in [-0.05, 0) is 55.0 Å². The maximum atomic E-state index is 6.35. The molecule has 0 unspecified atom stereocenters. The molecule has 0 spiro atoms. The van der Waals surface area contributed by atoms with Crippen molar-refractivity contribution in [1.82, 2.24) is 9.55 Å². The van der Waals surface area contributed by atoms with E-state index in [1.54, 1.807) is 6.20 Å². The fraction of sp³-hybridized carbons (Fsp3) is 0.250. The molecule has 0 bridgehead atoms. The van der Waals surface area contributed by atoms with E-state index >= 15 is 0 Å².